The molecule has 0 bridgehead atoms. The van der Waals surface area contributed by atoms with Crippen molar-refractivity contribution in [3.63, 3.8) is 0 Å². The maximum absolute atomic E-state index is 12.5. The van der Waals surface area contributed by atoms with Crippen LogP contribution in [-0.2, 0) is 4.79 Å². The smallest absolute Gasteiger partial charge is 0.223 e. The molecule has 126 valence electrons. The van der Waals surface area contributed by atoms with Gasteiger partial charge in [0, 0.05) is 22.0 Å². The highest BCUT2D eigenvalue weighted by Crippen LogP contribution is 2.39. The van der Waals surface area contributed by atoms with Crippen molar-refractivity contribution in [2.24, 2.45) is 5.92 Å². The largest absolute Gasteiger partial charge is 0.351 e. The quantitative estimate of drug-likeness (QED) is 0.848. The minimum atomic E-state index is 0.0762. The first kappa shape index (κ1) is 15.9. The lowest BCUT2D eigenvalue weighted by atomic mass is 10.1. The number of benzene rings is 1. The molecule has 4 nitrogen and oxygen atoms in total. The third-order valence-electron chi connectivity index (χ3n) is 5.40. The number of nitrogens with zero attached hydrogens (tertiary/aromatic N) is 2. The van der Waals surface area contributed by atoms with Gasteiger partial charge in [-0.15, -0.1) is 0 Å². The number of halogens is 1. The Morgan fingerprint density at radius 3 is 2.75 bits per heavy atom. The van der Waals surface area contributed by atoms with Crippen LogP contribution in [0, 0.1) is 5.92 Å². The van der Waals surface area contributed by atoms with E-state index in [0.29, 0.717) is 6.04 Å². The van der Waals surface area contributed by atoms with Crippen LogP contribution < -0.4 is 5.32 Å². The molecule has 0 spiro atoms. The van der Waals surface area contributed by atoms with E-state index in [9.17, 15) is 4.79 Å². The van der Waals surface area contributed by atoms with Crippen molar-refractivity contribution in [2.45, 2.75) is 50.6 Å². The second kappa shape index (κ2) is 6.03. The second-order valence-electron chi connectivity index (χ2n) is 7.41. The van der Waals surface area contributed by atoms with E-state index in [4.69, 9.17) is 0 Å². The molecule has 1 aromatic carbocycles. The lowest BCUT2D eigenvalue weighted by molar-refractivity contribution is -0.125. The van der Waals surface area contributed by atoms with Gasteiger partial charge in [0.1, 0.15) is 0 Å². The molecule has 1 N–H and O–H groups in total. The summed E-state index contributed by atoms with van der Waals surface area (Å²) in [6, 6.07) is 8.66. The van der Waals surface area contributed by atoms with E-state index in [2.05, 4.69) is 49.9 Å². The van der Waals surface area contributed by atoms with Crippen LogP contribution in [-0.4, -0.2) is 21.0 Å². The molecule has 0 aliphatic heterocycles. The average molecular weight is 388 g/mol. The summed E-state index contributed by atoms with van der Waals surface area (Å²) < 4.78 is 3.32. The highest BCUT2D eigenvalue weighted by atomic mass is 79.9. The topological polar surface area (TPSA) is 46.9 Å². The molecule has 2 fully saturated rings. The highest BCUT2D eigenvalue weighted by molar-refractivity contribution is 9.10. The molecule has 1 aromatic heterocycles. The molecule has 2 aromatic rings. The molecule has 2 aliphatic carbocycles. The first-order valence-corrected chi connectivity index (χ1v) is 9.43. The number of amides is 1. The van der Waals surface area contributed by atoms with Crippen LogP contribution in [0.1, 0.15) is 45.1 Å². The zero-order valence-electron chi connectivity index (χ0n) is 13.8. The average Bonchev–Trinajstić information content (AvgIpc) is 2.99. The number of carbonyl (C=O) groups is 1. The summed E-state index contributed by atoms with van der Waals surface area (Å²) in [6.07, 6.45) is 8.96. The lowest BCUT2D eigenvalue weighted by Crippen LogP contribution is -2.38. The van der Waals surface area contributed by atoms with Crippen LogP contribution in [0.5, 0.6) is 0 Å². The molecule has 24 heavy (non-hydrogen) atoms. The number of hydrogen-bond donors (Lipinski definition) is 1. The summed E-state index contributed by atoms with van der Waals surface area (Å²) >= 11 is 3.48. The number of imidazole rings is 1. The molecule has 5 heteroatoms. The van der Waals surface area contributed by atoms with Crippen molar-refractivity contribution in [1.29, 1.82) is 0 Å². The van der Waals surface area contributed by atoms with Crippen LogP contribution in [0.25, 0.3) is 11.3 Å². The molecule has 0 unspecified atom stereocenters. The van der Waals surface area contributed by atoms with Crippen molar-refractivity contribution in [1.82, 2.24) is 14.9 Å². The molecule has 1 heterocycles. The van der Waals surface area contributed by atoms with Gasteiger partial charge in [0.2, 0.25) is 5.91 Å². The number of hydrogen-bond acceptors (Lipinski definition) is 2. The van der Waals surface area contributed by atoms with E-state index in [1.54, 1.807) is 0 Å². The van der Waals surface area contributed by atoms with E-state index in [0.717, 1.165) is 47.8 Å². The van der Waals surface area contributed by atoms with Crippen molar-refractivity contribution < 1.29 is 4.79 Å². The Labute approximate surface area is 150 Å². The monoisotopic (exact) mass is 387 g/mol. The van der Waals surface area contributed by atoms with Gasteiger partial charge < -0.3 is 9.88 Å². The fraction of sp³-hybridized carbons (Fsp3) is 0.474. The minimum absolute atomic E-state index is 0.0762. The van der Waals surface area contributed by atoms with E-state index >= 15 is 0 Å². The van der Waals surface area contributed by atoms with Crippen LogP contribution in [0.15, 0.2) is 41.3 Å². The Morgan fingerprint density at radius 1 is 1.29 bits per heavy atom. The van der Waals surface area contributed by atoms with Crippen molar-refractivity contribution >= 4 is 21.8 Å². The number of rotatable bonds is 4. The summed E-state index contributed by atoms with van der Waals surface area (Å²) in [5.74, 6) is 0.371. The molecule has 4 rings (SSSR count). The summed E-state index contributed by atoms with van der Waals surface area (Å²) in [4.78, 5) is 16.8. The number of aromatic nitrogens is 2. The summed E-state index contributed by atoms with van der Waals surface area (Å²) in [5, 5.41) is 3.22. The Bertz CT molecular complexity index is 748. The third-order valence-corrected chi connectivity index (χ3v) is 5.93. The van der Waals surface area contributed by atoms with Gasteiger partial charge in [-0.1, -0.05) is 28.1 Å². The van der Waals surface area contributed by atoms with Crippen LogP contribution in [0.4, 0.5) is 0 Å². The predicted molar refractivity (Wildman–Crippen MR) is 97.5 cm³/mol. The molecule has 2 saturated carbocycles. The highest BCUT2D eigenvalue weighted by Gasteiger charge is 2.41. The van der Waals surface area contributed by atoms with Gasteiger partial charge in [0.25, 0.3) is 0 Å². The fourth-order valence-electron chi connectivity index (χ4n) is 3.60. The van der Waals surface area contributed by atoms with Gasteiger partial charge >= 0.3 is 0 Å². The third kappa shape index (κ3) is 3.14. The van der Waals surface area contributed by atoms with E-state index in [1.165, 1.54) is 0 Å². The lowest BCUT2D eigenvalue weighted by Gasteiger charge is -2.18. The predicted octanol–water partition coefficient (Wildman–Crippen LogP) is 4.32. The SMILES string of the molecule is CC1(NC(=O)[C@H]2CC[C@@H](n3cncc3-c3ccc(Br)cc3)C2)CC1. The Kier molecular flexibility index (Phi) is 3.99. The maximum Gasteiger partial charge on any atom is 0.223 e. The van der Waals surface area contributed by atoms with Crippen LogP contribution >= 0.6 is 15.9 Å². The number of nitrogens with one attached hydrogen (secondary N) is 1. The molecule has 0 radical (unpaired) electrons. The van der Waals surface area contributed by atoms with Gasteiger partial charge in [0.15, 0.2) is 0 Å². The van der Waals surface area contributed by atoms with E-state index in [1.807, 2.05) is 24.7 Å². The fourth-order valence-corrected chi connectivity index (χ4v) is 3.86. The normalized spacial score (nSPS) is 24.8. The van der Waals surface area contributed by atoms with E-state index in [-0.39, 0.29) is 17.4 Å². The molecule has 2 aliphatic rings. The molecular weight excluding hydrogens is 366 g/mol. The standard InChI is InChI=1S/C19H22BrN3O/c1-19(8-9-19)22-18(24)14-4-7-16(10-14)23-12-21-11-17(23)13-2-5-15(20)6-3-13/h2-3,5-6,11-12,14,16H,4,7-10H2,1H3,(H,22,24)/t14-,16+/m0/s1. The van der Waals surface area contributed by atoms with Crippen LogP contribution in [0.3, 0.4) is 0 Å². The zero-order chi connectivity index (χ0) is 16.7. The Balaban J connectivity index is 1.48. The molecule has 0 saturated heterocycles. The van der Waals surface area contributed by atoms with Gasteiger partial charge in [-0.05, 0) is 56.7 Å². The van der Waals surface area contributed by atoms with Crippen LogP contribution in [0.2, 0.25) is 0 Å². The van der Waals surface area contributed by atoms with Gasteiger partial charge in [0.05, 0.1) is 18.2 Å². The van der Waals surface area contributed by atoms with Crippen molar-refractivity contribution in [3.8, 4) is 11.3 Å². The Hall–Kier alpha value is -1.62. The minimum Gasteiger partial charge on any atom is -0.351 e. The zero-order valence-corrected chi connectivity index (χ0v) is 15.4. The van der Waals surface area contributed by atoms with Gasteiger partial charge in [-0.25, -0.2) is 4.98 Å². The van der Waals surface area contributed by atoms with Crippen molar-refractivity contribution in [3.05, 3.63) is 41.3 Å². The molecular formula is C19H22BrN3O. The Morgan fingerprint density at radius 2 is 2.04 bits per heavy atom. The first-order chi connectivity index (χ1) is 11.5. The van der Waals surface area contributed by atoms with Gasteiger partial charge in [-0.3, -0.25) is 4.79 Å². The summed E-state index contributed by atoms with van der Waals surface area (Å²) in [7, 11) is 0. The van der Waals surface area contributed by atoms with Gasteiger partial charge in [-0.2, -0.15) is 0 Å². The number of carbonyl (C=O) groups excluding carboxylic acids is 1. The molecule has 1 amide bonds. The maximum atomic E-state index is 12.5. The molecule has 2 atom stereocenters. The van der Waals surface area contributed by atoms with Crippen molar-refractivity contribution in [2.75, 3.05) is 0 Å². The second-order valence-corrected chi connectivity index (χ2v) is 8.32. The first-order valence-electron chi connectivity index (χ1n) is 8.64. The summed E-state index contributed by atoms with van der Waals surface area (Å²) in [5.41, 5.74) is 2.36. The van der Waals surface area contributed by atoms with E-state index < -0.39 is 0 Å². The summed E-state index contributed by atoms with van der Waals surface area (Å²) in [6.45, 7) is 2.14.